The Morgan fingerprint density at radius 3 is 2.56 bits per heavy atom. The van der Waals surface area contributed by atoms with Gasteiger partial charge < -0.3 is 10.5 Å². The zero-order chi connectivity index (χ0) is 13.7. The van der Waals surface area contributed by atoms with Crippen LogP contribution >= 0.6 is 0 Å². The highest BCUT2D eigenvalue weighted by atomic mass is 16.5. The second-order valence-electron chi connectivity index (χ2n) is 4.35. The third kappa shape index (κ3) is 2.90. The van der Waals surface area contributed by atoms with Crippen molar-refractivity contribution >= 4 is 5.97 Å². The molecule has 1 rings (SSSR count). The number of aryl methyl sites for hydroxylation is 1. The lowest BCUT2D eigenvalue weighted by Crippen LogP contribution is -2.24. The van der Waals surface area contributed by atoms with E-state index in [0.29, 0.717) is 13.2 Å². The Bertz CT molecular complexity index is 413. The molecule has 18 heavy (non-hydrogen) atoms. The third-order valence-corrected chi connectivity index (χ3v) is 3.09. The minimum atomic E-state index is -0.339. The molecule has 1 aromatic rings. The van der Waals surface area contributed by atoms with Gasteiger partial charge in [-0.05, 0) is 27.2 Å². The second-order valence-corrected chi connectivity index (χ2v) is 4.35. The SMILES string of the molecule is CCCC(C(=O)OCC)n1nc(C)c(CN)c1C. The summed E-state index contributed by atoms with van der Waals surface area (Å²) in [5.41, 5.74) is 8.57. The summed E-state index contributed by atoms with van der Waals surface area (Å²) in [6, 6.07) is -0.339. The first-order valence-electron chi connectivity index (χ1n) is 6.48. The van der Waals surface area contributed by atoms with E-state index in [-0.39, 0.29) is 12.0 Å². The maximum Gasteiger partial charge on any atom is 0.330 e. The van der Waals surface area contributed by atoms with Crippen LogP contribution in [-0.4, -0.2) is 22.4 Å². The Morgan fingerprint density at radius 1 is 1.44 bits per heavy atom. The van der Waals surface area contributed by atoms with E-state index < -0.39 is 0 Å². The number of rotatable bonds is 6. The molecule has 1 unspecified atom stereocenters. The number of hydrogen-bond donors (Lipinski definition) is 1. The summed E-state index contributed by atoms with van der Waals surface area (Å²) in [7, 11) is 0. The van der Waals surface area contributed by atoms with Crippen LogP contribution in [-0.2, 0) is 16.1 Å². The lowest BCUT2D eigenvalue weighted by molar-refractivity contribution is -0.147. The minimum absolute atomic E-state index is 0.214. The van der Waals surface area contributed by atoms with Crippen molar-refractivity contribution in [2.45, 2.75) is 53.1 Å². The van der Waals surface area contributed by atoms with Gasteiger partial charge in [-0.15, -0.1) is 0 Å². The highest BCUT2D eigenvalue weighted by Gasteiger charge is 2.25. The highest BCUT2D eigenvalue weighted by Crippen LogP contribution is 2.21. The molecule has 0 saturated heterocycles. The molecule has 0 radical (unpaired) electrons. The number of aromatic nitrogens is 2. The molecule has 1 atom stereocenters. The maximum atomic E-state index is 12.0. The van der Waals surface area contributed by atoms with Gasteiger partial charge in [-0.25, -0.2) is 4.79 Å². The van der Waals surface area contributed by atoms with Gasteiger partial charge in [-0.1, -0.05) is 13.3 Å². The van der Waals surface area contributed by atoms with Crippen LogP contribution in [0.3, 0.4) is 0 Å². The fraction of sp³-hybridized carbons (Fsp3) is 0.692. The molecule has 0 amide bonds. The van der Waals surface area contributed by atoms with E-state index in [4.69, 9.17) is 10.5 Å². The number of nitrogens with zero attached hydrogens (tertiary/aromatic N) is 2. The zero-order valence-electron chi connectivity index (χ0n) is 11.7. The van der Waals surface area contributed by atoms with Crippen LogP contribution in [0.5, 0.6) is 0 Å². The van der Waals surface area contributed by atoms with Crippen molar-refractivity contribution in [2.24, 2.45) is 5.73 Å². The topological polar surface area (TPSA) is 70.1 Å². The van der Waals surface area contributed by atoms with E-state index in [1.54, 1.807) is 4.68 Å². The standard InChI is InChI=1S/C13H23N3O2/c1-5-7-12(13(17)18-6-2)16-10(4)11(8-14)9(3)15-16/h12H,5-8,14H2,1-4H3. The molecule has 2 N–H and O–H groups in total. The molecule has 0 fully saturated rings. The van der Waals surface area contributed by atoms with E-state index in [0.717, 1.165) is 29.8 Å². The predicted octanol–water partition coefficient (Wildman–Crippen LogP) is 1.86. The Morgan fingerprint density at radius 2 is 2.11 bits per heavy atom. The summed E-state index contributed by atoms with van der Waals surface area (Å²) < 4.78 is 6.88. The lowest BCUT2D eigenvalue weighted by atomic mass is 10.1. The van der Waals surface area contributed by atoms with Crippen LogP contribution in [0.1, 0.15) is 49.7 Å². The van der Waals surface area contributed by atoms with E-state index in [1.165, 1.54) is 0 Å². The van der Waals surface area contributed by atoms with Gasteiger partial charge in [0.15, 0.2) is 0 Å². The quantitative estimate of drug-likeness (QED) is 0.786. The van der Waals surface area contributed by atoms with E-state index in [1.807, 2.05) is 27.7 Å². The van der Waals surface area contributed by atoms with Crippen molar-refractivity contribution in [3.8, 4) is 0 Å². The van der Waals surface area contributed by atoms with E-state index >= 15 is 0 Å². The average molecular weight is 253 g/mol. The molecule has 0 aliphatic carbocycles. The van der Waals surface area contributed by atoms with Crippen molar-refractivity contribution in [1.82, 2.24) is 9.78 Å². The summed E-state index contributed by atoms with van der Waals surface area (Å²) in [4.78, 5) is 12.0. The Hall–Kier alpha value is -1.36. The smallest absolute Gasteiger partial charge is 0.330 e. The van der Waals surface area contributed by atoms with Crippen molar-refractivity contribution in [1.29, 1.82) is 0 Å². The molecule has 0 bridgehead atoms. The van der Waals surface area contributed by atoms with E-state index in [2.05, 4.69) is 5.10 Å². The summed E-state index contributed by atoms with van der Waals surface area (Å²) in [6.45, 7) is 8.56. The van der Waals surface area contributed by atoms with Crippen molar-refractivity contribution in [3.05, 3.63) is 17.0 Å². The van der Waals surface area contributed by atoms with Crippen LogP contribution in [0.4, 0.5) is 0 Å². The summed E-state index contributed by atoms with van der Waals surface area (Å²) >= 11 is 0. The van der Waals surface area contributed by atoms with Gasteiger partial charge in [0, 0.05) is 17.8 Å². The predicted molar refractivity (Wildman–Crippen MR) is 70.2 cm³/mol. The Balaban J connectivity index is 3.09. The molecule has 0 aliphatic rings. The van der Waals surface area contributed by atoms with Crippen molar-refractivity contribution in [2.75, 3.05) is 6.61 Å². The van der Waals surface area contributed by atoms with Crippen molar-refractivity contribution in [3.63, 3.8) is 0 Å². The summed E-state index contributed by atoms with van der Waals surface area (Å²) in [5, 5.41) is 4.44. The van der Waals surface area contributed by atoms with Gasteiger partial charge in [-0.2, -0.15) is 5.10 Å². The number of esters is 1. The largest absolute Gasteiger partial charge is 0.464 e. The van der Waals surface area contributed by atoms with Crippen LogP contribution in [0.15, 0.2) is 0 Å². The molecular weight excluding hydrogens is 230 g/mol. The molecule has 0 aliphatic heterocycles. The first-order valence-corrected chi connectivity index (χ1v) is 6.48. The maximum absolute atomic E-state index is 12.0. The molecule has 1 heterocycles. The molecule has 0 spiro atoms. The molecule has 0 saturated carbocycles. The highest BCUT2D eigenvalue weighted by molar-refractivity contribution is 5.74. The summed E-state index contributed by atoms with van der Waals surface area (Å²) in [6.07, 6.45) is 1.63. The van der Waals surface area contributed by atoms with Gasteiger partial charge in [0.2, 0.25) is 0 Å². The van der Waals surface area contributed by atoms with E-state index in [9.17, 15) is 4.79 Å². The molecule has 0 aromatic carbocycles. The van der Waals surface area contributed by atoms with Crippen molar-refractivity contribution < 1.29 is 9.53 Å². The third-order valence-electron chi connectivity index (χ3n) is 3.09. The van der Waals surface area contributed by atoms with Gasteiger partial charge >= 0.3 is 5.97 Å². The van der Waals surface area contributed by atoms with Gasteiger partial charge in [0.1, 0.15) is 6.04 Å². The van der Waals surface area contributed by atoms with Crippen LogP contribution < -0.4 is 5.73 Å². The van der Waals surface area contributed by atoms with Gasteiger partial charge in [-0.3, -0.25) is 4.68 Å². The van der Waals surface area contributed by atoms with Crippen LogP contribution in [0.2, 0.25) is 0 Å². The number of ether oxygens (including phenoxy) is 1. The molecule has 5 nitrogen and oxygen atoms in total. The number of carbonyl (C=O) groups excluding carboxylic acids is 1. The fourth-order valence-electron chi connectivity index (χ4n) is 2.15. The monoisotopic (exact) mass is 253 g/mol. The Kier molecular flexibility index (Phi) is 5.34. The number of nitrogens with two attached hydrogens (primary N) is 1. The summed E-state index contributed by atoms with van der Waals surface area (Å²) in [5.74, 6) is -0.214. The lowest BCUT2D eigenvalue weighted by Gasteiger charge is -2.17. The van der Waals surface area contributed by atoms with Gasteiger partial charge in [0.25, 0.3) is 0 Å². The first kappa shape index (κ1) is 14.7. The van der Waals surface area contributed by atoms with Crippen LogP contribution in [0, 0.1) is 13.8 Å². The molecule has 5 heteroatoms. The van der Waals surface area contributed by atoms with Gasteiger partial charge in [0.05, 0.1) is 12.3 Å². The minimum Gasteiger partial charge on any atom is -0.464 e. The van der Waals surface area contributed by atoms with Crippen LogP contribution in [0.25, 0.3) is 0 Å². The average Bonchev–Trinajstić information content (AvgIpc) is 2.61. The number of carbonyl (C=O) groups is 1. The molecule has 102 valence electrons. The number of hydrogen-bond acceptors (Lipinski definition) is 4. The first-order chi connectivity index (χ1) is 8.56. The normalized spacial score (nSPS) is 12.5. The molecule has 1 aromatic heterocycles. The molecular formula is C13H23N3O2. The zero-order valence-corrected chi connectivity index (χ0v) is 11.7. The Labute approximate surface area is 108 Å². The fourth-order valence-corrected chi connectivity index (χ4v) is 2.15. The second kappa shape index (κ2) is 6.54.